The van der Waals surface area contributed by atoms with Crippen LogP contribution in [0.2, 0.25) is 0 Å². The summed E-state index contributed by atoms with van der Waals surface area (Å²) in [5.74, 6) is 0.851. The molecule has 0 radical (unpaired) electrons. The van der Waals surface area contributed by atoms with Gasteiger partial charge in [0.1, 0.15) is 5.75 Å². The second-order valence-corrected chi connectivity index (χ2v) is 7.06. The highest BCUT2D eigenvalue weighted by atomic mass is 32.2. The highest BCUT2D eigenvalue weighted by Gasteiger charge is 2.07. The summed E-state index contributed by atoms with van der Waals surface area (Å²) in [6, 6.07) is 5.59. The topological polar surface area (TPSA) is 114 Å². The van der Waals surface area contributed by atoms with Crippen molar-refractivity contribution in [2.75, 3.05) is 24.8 Å². The van der Waals surface area contributed by atoms with Gasteiger partial charge in [-0.1, -0.05) is 17.7 Å². The van der Waals surface area contributed by atoms with Crippen molar-refractivity contribution < 1.29 is 17.9 Å². The number of benzene rings is 1. The fourth-order valence-corrected chi connectivity index (χ4v) is 2.76. The molecule has 0 aliphatic rings. The van der Waals surface area contributed by atoms with Gasteiger partial charge in [0.25, 0.3) is 0 Å². The fraction of sp³-hybridized carbons (Fsp3) is 0.400. The Morgan fingerprint density at radius 1 is 1.35 bits per heavy atom. The van der Waals surface area contributed by atoms with Gasteiger partial charge in [0.05, 0.1) is 6.61 Å². The Morgan fingerprint density at radius 2 is 2.15 bits per heavy atom. The summed E-state index contributed by atoms with van der Waals surface area (Å²) in [5, 5.41) is 3.00. The van der Waals surface area contributed by atoms with Crippen molar-refractivity contribution in [1.29, 1.82) is 0 Å². The minimum atomic E-state index is -1.50. The fourth-order valence-electron chi connectivity index (χ4n) is 1.97. The Morgan fingerprint density at radius 3 is 2.88 bits per heavy atom. The molecule has 2 rings (SSSR count). The van der Waals surface area contributed by atoms with Crippen molar-refractivity contribution in [3.05, 3.63) is 29.3 Å². The van der Waals surface area contributed by atoms with E-state index < -0.39 is 17.1 Å². The normalized spacial score (nSPS) is 11.5. The van der Waals surface area contributed by atoms with Crippen molar-refractivity contribution in [2.24, 2.45) is 0 Å². The van der Waals surface area contributed by atoms with Crippen LogP contribution in [0, 0.1) is 13.8 Å². The van der Waals surface area contributed by atoms with E-state index in [9.17, 15) is 9.00 Å². The maximum atomic E-state index is 11.7. The Hall–Kier alpha value is -2.40. The Bertz CT molecular complexity index is 768. The number of aromatic nitrogens is 2. The van der Waals surface area contributed by atoms with Crippen molar-refractivity contribution in [3.63, 3.8) is 0 Å². The molecule has 3 N–H and O–H groups in total. The number of carbonyl (C=O) groups excluding carboxylic acids is 1. The van der Waals surface area contributed by atoms with Gasteiger partial charge in [0, 0.05) is 24.3 Å². The van der Waals surface area contributed by atoms with Crippen molar-refractivity contribution in [3.8, 4) is 11.8 Å². The maximum absolute atomic E-state index is 11.7. The van der Waals surface area contributed by atoms with E-state index in [1.807, 2.05) is 26.0 Å². The first-order valence-corrected chi connectivity index (χ1v) is 10.0. The highest BCUT2D eigenvalue weighted by molar-refractivity contribution is 7.79. The molecule has 0 bridgehead atoms. The van der Waals surface area contributed by atoms with Gasteiger partial charge in [-0.05, 0) is 31.9 Å². The smallest absolute Gasteiger partial charge is 0.344 e. The lowest BCUT2D eigenvalue weighted by Gasteiger charge is -2.10. The molecule has 0 saturated heterocycles. The summed E-state index contributed by atoms with van der Waals surface area (Å²) in [6.07, 6.45) is 2.03. The van der Waals surface area contributed by atoms with E-state index in [0.29, 0.717) is 24.7 Å². The zero-order valence-corrected chi connectivity index (χ0v) is 16.3. The van der Waals surface area contributed by atoms with Crippen LogP contribution in [0.3, 0.4) is 0 Å². The maximum Gasteiger partial charge on any atom is 0.344 e. The van der Waals surface area contributed by atoms with Gasteiger partial charge < -0.3 is 14.2 Å². The van der Waals surface area contributed by atoms with Gasteiger partial charge in [-0.25, -0.2) is 14.4 Å². The average Bonchev–Trinajstić information content (AvgIpc) is 3.01. The first-order valence-electron chi connectivity index (χ1n) is 7.79. The van der Waals surface area contributed by atoms with Gasteiger partial charge in [-0.15, -0.1) is 4.37 Å². The lowest BCUT2D eigenvalue weighted by Crippen LogP contribution is -2.39. The molecule has 1 atom stereocenters. The van der Waals surface area contributed by atoms with Gasteiger partial charge in [0.15, 0.2) is 0 Å². The molecule has 9 nitrogen and oxygen atoms in total. The summed E-state index contributed by atoms with van der Waals surface area (Å²) < 4.78 is 25.2. The first kappa shape index (κ1) is 19.9. The molecule has 2 amide bonds. The summed E-state index contributed by atoms with van der Waals surface area (Å²) in [5.41, 5.74) is 7.30. The van der Waals surface area contributed by atoms with E-state index >= 15 is 0 Å². The summed E-state index contributed by atoms with van der Waals surface area (Å²) >= 11 is -0.526. The minimum absolute atomic E-state index is 0.0101. The van der Waals surface area contributed by atoms with Crippen LogP contribution < -0.4 is 25.1 Å². The molecule has 2 aromatic rings. The van der Waals surface area contributed by atoms with Crippen LogP contribution in [-0.2, 0) is 11.1 Å². The molecule has 0 aliphatic heterocycles. The molecule has 0 saturated carbocycles. The molecule has 11 heteroatoms. The van der Waals surface area contributed by atoms with E-state index in [2.05, 4.69) is 31.6 Å². The van der Waals surface area contributed by atoms with Crippen LogP contribution in [0.5, 0.6) is 11.8 Å². The highest BCUT2D eigenvalue weighted by Crippen LogP contribution is 2.18. The zero-order valence-electron chi connectivity index (χ0n) is 14.7. The third kappa shape index (κ3) is 6.84. The van der Waals surface area contributed by atoms with Crippen LogP contribution >= 0.6 is 11.5 Å². The van der Waals surface area contributed by atoms with Gasteiger partial charge >= 0.3 is 12.0 Å². The standard InChI is InChI=1S/C15H21N5O4S2/c1-10-5-6-12(11(2)9-10)23-8-4-7-16-13(21)18-19-15-17-14(20-25-15)24-26(3)22/h5-6,9H,4,7-8H2,1-3H3,(H2,16,18,21)(H,17,19,20). The first-order chi connectivity index (χ1) is 12.4. The second-order valence-electron chi connectivity index (χ2n) is 5.34. The van der Waals surface area contributed by atoms with Crippen LogP contribution in [0.1, 0.15) is 17.5 Å². The number of aryl methyl sites for hydroxylation is 2. The molecule has 26 heavy (non-hydrogen) atoms. The molecule has 1 aromatic carbocycles. The third-order valence-corrected chi connectivity index (χ3v) is 4.07. The van der Waals surface area contributed by atoms with Gasteiger partial charge in [-0.2, -0.15) is 4.98 Å². The lowest BCUT2D eigenvalue weighted by molar-refractivity contribution is 0.241. The number of hydrogen-bond acceptors (Lipinski definition) is 8. The van der Waals surface area contributed by atoms with E-state index in [4.69, 9.17) is 8.92 Å². The number of anilines is 1. The SMILES string of the molecule is Cc1ccc(OCCCNC(=O)NNc2nc(OS(C)=O)ns2)c(C)c1. The number of hydrazine groups is 1. The summed E-state index contributed by atoms with van der Waals surface area (Å²) in [6.45, 7) is 5.00. The van der Waals surface area contributed by atoms with Crippen molar-refractivity contribution >= 4 is 33.8 Å². The third-order valence-electron chi connectivity index (χ3n) is 3.08. The minimum Gasteiger partial charge on any atom is -0.493 e. The average molecular weight is 399 g/mol. The second kappa shape index (κ2) is 9.92. The number of nitrogens with zero attached hydrogens (tertiary/aromatic N) is 2. The van der Waals surface area contributed by atoms with Crippen LogP contribution in [-0.4, -0.2) is 39.0 Å². The molecule has 0 aliphatic carbocycles. The van der Waals surface area contributed by atoms with Gasteiger partial charge in [-0.3, -0.25) is 5.43 Å². The predicted molar refractivity (Wildman–Crippen MR) is 101 cm³/mol. The van der Waals surface area contributed by atoms with Crippen LogP contribution in [0.25, 0.3) is 0 Å². The Labute approximate surface area is 158 Å². The number of hydrogen-bond donors (Lipinski definition) is 3. The molecule has 1 heterocycles. The van der Waals surface area contributed by atoms with E-state index in [-0.39, 0.29) is 6.01 Å². The molecule has 1 aromatic heterocycles. The number of carbonyl (C=O) groups is 1. The molecule has 142 valence electrons. The monoisotopic (exact) mass is 399 g/mol. The molecular formula is C15H21N5O4S2. The zero-order chi connectivity index (χ0) is 18.9. The number of rotatable bonds is 9. The predicted octanol–water partition coefficient (Wildman–Crippen LogP) is 1.92. The van der Waals surface area contributed by atoms with Crippen molar-refractivity contribution in [2.45, 2.75) is 20.3 Å². The Balaban J connectivity index is 1.60. The van der Waals surface area contributed by atoms with E-state index in [1.165, 1.54) is 11.8 Å². The van der Waals surface area contributed by atoms with E-state index in [1.54, 1.807) is 0 Å². The quantitative estimate of drug-likeness (QED) is 0.436. The summed E-state index contributed by atoms with van der Waals surface area (Å²) in [7, 11) is 0. The van der Waals surface area contributed by atoms with Gasteiger partial charge in [0.2, 0.25) is 16.2 Å². The largest absolute Gasteiger partial charge is 0.493 e. The lowest BCUT2D eigenvalue weighted by atomic mass is 10.1. The number of ether oxygens (including phenoxy) is 1. The Kier molecular flexibility index (Phi) is 7.60. The van der Waals surface area contributed by atoms with Crippen molar-refractivity contribution in [1.82, 2.24) is 20.1 Å². The van der Waals surface area contributed by atoms with Crippen LogP contribution in [0.4, 0.5) is 9.93 Å². The number of amides is 2. The number of urea groups is 1. The molecular weight excluding hydrogens is 378 g/mol. The van der Waals surface area contributed by atoms with Crippen LogP contribution in [0.15, 0.2) is 18.2 Å². The molecule has 0 spiro atoms. The number of nitrogens with one attached hydrogen (secondary N) is 3. The molecule has 1 unspecified atom stereocenters. The van der Waals surface area contributed by atoms with E-state index in [0.717, 1.165) is 22.8 Å². The molecule has 0 fully saturated rings. The summed E-state index contributed by atoms with van der Waals surface area (Å²) in [4.78, 5) is 15.6.